The normalized spacial score (nSPS) is 21.5. The average molecular weight is 299 g/mol. The Hall–Kier alpha value is -1.30. The molecule has 2 atom stereocenters. The van der Waals surface area contributed by atoms with Crippen molar-refractivity contribution in [1.82, 2.24) is 15.5 Å². The van der Waals surface area contributed by atoms with E-state index in [2.05, 4.69) is 15.5 Å². The zero-order valence-corrected chi connectivity index (χ0v) is 13.9. The molecule has 0 bridgehead atoms. The molecule has 6 nitrogen and oxygen atoms in total. The van der Waals surface area contributed by atoms with E-state index in [0.717, 1.165) is 19.4 Å². The van der Waals surface area contributed by atoms with Crippen LogP contribution in [0.15, 0.2) is 0 Å². The third-order valence-electron chi connectivity index (χ3n) is 3.48. The van der Waals surface area contributed by atoms with Gasteiger partial charge >= 0.3 is 6.09 Å². The molecule has 122 valence electrons. The van der Waals surface area contributed by atoms with Gasteiger partial charge in [0.2, 0.25) is 5.91 Å². The number of piperidine rings is 1. The number of nitrogens with one attached hydrogen (secondary N) is 2. The van der Waals surface area contributed by atoms with E-state index < -0.39 is 0 Å². The Balaban J connectivity index is 2.51. The lowest BCUT2D eigenvalue weighted by atomic mass is 10.0. The maximum absolute atomic E-state index is 12.2. The first-order valence-electron chi connectivity index (χ1n) is 7.72. The number of ether oxygens (including phenoxy) is 1. The Morgan fingerprint density at radius 3 is 2.62 bits per heavy atom. The van der Waals surface area contributed by atoms with Crippen molar-refractivity contribution < 1.29 is 14.3 Å². The maximum Gasteiger partial charge on any atom is 0.407 e. The number of carbonyl (C=O) groups excluding carboxylic acids is 2. The fourth-order valence-corrected chi connectivity index (χ4v) is 2.46. The quantitative estimate of drug-likeness (QED) is 0.825. The Kier molecular flexibility index (Phi) is 6.45. The van der Waals surface area contributed by atoms with E-state index >= 15 is 0 Å². The molecule has 1 aliphatic heterocycles. The number of carbonyl (C=O) groups is 2. The smallest absolute Gasteiger partial charge is 0.407 e. The fraction of sp³-hybridized carbons (Fsp3) is 0.867. The summed E-state index contributed by atoms with van der Waals surface area (Å²) in [5.41, 5.74) is -0.232. The van der Waals surface area contributed by atoms with Crippen LogP contribution in [0.25, 0.3) is 0 Å². The van der Waals surface area contributed by atoms with Gasteiger partial charge < -0.3 is 15.4 Å². The summed E-state index contributed by atoms with van der Waals surface area (Å²) in [5, 5.41) is 5.86. The van der Waals surface area contributed by atoms with Gasteiger partial charge in [-0.15, -0.1) is 0 Å². The summed E-state index contributed by atoms with van der Waals surface area (Å²) in [5.74, 6) is 0.0271. The molecule has 0 radical (unpaired) electrons. The Morgan fingerprint density at radius 1 is 1.38 bits per heavy atom. The molecule has 1 fully saturated rings. The number of alkyl carbamates (subject to hydrolysis) is 1. The summed E-state index contributed by atoms with van der Waals surface area (Å²) >= 11 is 0. The van der Waals surface area contributed by atoms with Crippen LogP contribution in [0, 0.1) is 0 Å². The van der Waals surface area contributed by atoms with Gasteiger partial charge in [-0.25, -0.2) is 4.79 Å². The topological polar surface area (TPSA) is 70.7 Å². The third-order valence-corrected chi connectivity index (χ3v) is 3.48. The molecule has 1 heterocycles. The van der Waals surface area contributed by atoms with Crippen LogP contribution in [0.4, 0.5) is 4.79 Å². The molecule has 1 aliphatic rings. The van der Waals surface area contributed by atoms with Crippen LogP contribution >= 0.6 is 0 Å². The molecular weight excluding hydrogens is 270 g/mol. The van der Waals surface area contributed by atoms with E-state index in [9.17, 15) is 9.59 Å². The summed E-state index contributed by atoms with van der Waals surface area (Å²) in [4.78, 5) is 25.8. The second-order valence-corrected chi connectivity index (χ2v) is 6.61. The highest BCUT2D eigenvalue weighted by atomic mass is 16.5. The maximum atomic E-state index is 12.2. The monoisotopic (exact) mass is 299 g/mol. The van der Waals surface area contributed by atoms with Gasteiger partial charge in [0.05, 0.1) is 12.6 Å². The van der Waals surface area contributed by atoms with Gasteiger partial charge in [0, 0.05) is 18.1 Å². The molecule has 0 aromatic heterocycles. The van der Waals surface area contributed by atoms with E-state index in [4.69, 9.17) is 4.74 Å². The number of likely N-dealkylation sites (tertiary alicyclic amines) is 1. The highest BCUT2D eigenvalue weighted by molar-refractivity contribution is 5.82. The van der Waals surface area contributed by atoms with Gasteiger partial charge in [-0.2, -0.15) is 0 Å². The van der Waals surface area contributed by atoms with E-state index in [1.54, 1.807) is 6.92 Å². The third kappa shape index (κ3) is 6.33. The minimum Gasteiger partial charge on any atom is -0.450 e. The van der Waals surface area contributed by atoms with Crippen LogP contribution in [0.1, 0.15) is 47.5 Å². The Morgan fingerprint density at radius 2 is 2.05 bits per heavy atom. The Bertz CT molecular complexity index is 366. The summed E-state index contributed by atoms with van der Waals surface area (Å²) in [6, 6.07) is -0.154. The van der Waals surface area contributed by atoms with E-state index in [-0.39, 0.29) is 29.6 Å². The molecule has 2 amide bonds. The molecule has 2 N–H and O–H groups in total. The largest absolute Gasteiger partial charge is 0.450 e. The van der Waals surface area contributed by atoms with Crippen molar-refractivity contribution in [3.63, 3.8) is 0 Å². The van der Waals surface area contributed by atoms with Crippen LogP contribution in [0.5, 0.6) is 0 Å². The van der Waals surface area contributed by atoms with Crippen molar-refractivity contribution in [2.24, 2.45) is 0 Å². The Labute approximate surface area is 127 Å². The summed E-state index contributed by atoms with van der Waals surface area (Å²) < 4.78 is 4.91. The molecule has 0 spiro atoms. The number of hydrogen-bond acceptors (Lipinski definition) is 4. The molecule has 21 heavy (non-hydrogen) atoms. The van der Waals surface area contributed by atoms with Crippen molar-refractivity contribution >= 4 is 12.0 Å². The number of hydrogen-bond donors (Lipinski definition) is 2. The number of amides is 2. The molecule has 0 aromatic rings. The summed E-state index contributed by atoms with van der Waals surface area (Å²) in [7, 11) is 0. The van der Waals surface area contributed by atoms with Crippen molar-refractivity contribution in [2.75, 3.05) is 19.7 Å². The highest BCUT2D eigenvalue weighted by Crippen LogP contribution is 2.14. The van der Waals surface area contributed by atoms with E-state index in [1.807, 2.05) is 27.7 Å². The van der Waals surface area contributed by atoms with E-state index in [0.29, 0.717) is 13.2 Å². The van der Waals surface area contributed by atoms with Crippen molar-refractivity contribution in [1.29, 1.82) is 0 Å². The van der Waals surface area contributed by atoms with Gasteiger partial charge in [0.1, 0.15) is 0 Å². The minimum absolute atomic E-state index is 0.0271. The van der Waals surface area contributed by atoms with Gasteiger partial charge in [-0.1, -0.05) is 0 Å². The van der Waals surface area contributed by atoms with Crippen molar-refractivity contribution in [2.45, 2.75) is 65.1 Å². The molecule has 2 unspecified atom stereocenters. The fourth-order valence-electron chi connectivity index (χ4n) is 2.46. The SMILES string of the molecule is CCOC(=O)NC1CCCN(C(C)C(=O)NC(C)(C)C)C1. The number of rotatable bonds is 4. The van der Waals surface area contributed by atoms with Crippen molar-refractivity contribution in [3.8, 4) is 0 Å². The first kappa shape index (κ1) is 17.8. The van der Waals surface area contributed by atoms with Gasteiger partial charge in [0.15, 0.2) is 0 Å². The van der Waals surface area contributed by atoms with Gasteiger partial charge in [-0.3, -0.25) is 9.69 Å². The van der Waals surface area contributed by atoms with Crippen LogP contribution in [0.3, 0.4) is 0 Å². The first-order valence-corrected chi connectivity index (χ1v) is 7.72. The molecule has 1 rings (SSSR count). The average Bonchev–Trinajstić information content (AvgIpc) is 2.36. The minimum atomic E-state index is -0.379. The molecule has 6 heteroatoms. The predicted molar refractivity (Wildman–Crippen MR) is 82.1 cm³/mol. The highest BCUT2D eigenvalue weighted by Gasteiger charge is 2.29. The lowest BCUT2D eigenvalue weighted by Gasteiger charge is -2.37. The molecule has 0 aliphatic carbocycles. The van der Waals surface area contributed by atoms with Crippen LogP contribution in [0.2, 0.25) is 0 Å². The summed E-state index contributed by atoms with van der Waals surface area (Å²) in [6.45, 7) is 11.5. The van der Waals surface area contributed by atoms with Crippen LogP contribution < -0.4 is 10.6 Å². The van der Waals surface area contributed by atoms with Crippen molar-refractivity contribution in [3.05, 3.63) is 0 Å². The second kappa shape index (κ2) is 7.64. The molecule has 0 saturated carbocycles. The lowest BCUT2D eigenvalue weighted by Crippen LogP contribution is -2.56. The first-order chi connectivity index (χ1) is 9.73. The second-order valence-electron chi connectivity index (χ2n) is 6.61. The summed E-state index contributed by atoms with van der Waals surface area (Å²) in [6.07, 6.45) is 1.50. The zero-order chi connectivity index (χ0) is 16.0. The molecular formula is C15H29N3O3. The lowest BCUT2D eigenvalue weighted by molar-refractivity contribution is -0.127. The molecule has 0 aromatic carbocycles. The van der Waals surface area contributed by atoms with E-state index in [1.165, 1.54) is 0 Å². The predicted octanol–water partition coefficient (Wildman–Crippen LogP) is 1.50. The van der Waals surface area contributed by atoms with Crippen LogP contribution in [-0.2, 0) is 9.53 Å². The zero-order valence-electron chi connectivity index (χ0n) is 13.9. The standard InChI is InChI=1S/C15H29N3O3/c1-6-21-14(20)16-12-8-7-9-18(10-12)11(2)13(19)17-15(3,4)5/h11-12H,6-10H2,1-5H3,(H,16,20)(H,17,19). The van der Waals surface area contributed by atoms with Gasteiger partial charge in [0.25, 0.3) is 0 Å². The number of nitrogens with zero attached hydrogens (tertiary/aromatic N) is 1. The van der Waals surface area contributed by atoms with Gasteiger partial charge in [-0.05, 0) is 54.0 Å². The van der Waals surface area contributed by atoms with Crippen LogP contribution in [-0.4, -0.2) is 54.2 Å². The molecule has 1 saturated heterocycles.